The number of halogens is 3. The Hall–Kier alpha value is -2.16. The van der Waals surface area contributed by atoms with E-state index in [2.05, 4.69) is 15.3 Å². The van der Waals surface area contributed by atoms with E-state index in [1.54, 1.807) is 13.0 Å². The van der Waals surface area contributed by atoms with Crippen molar-refractivity contribution in [3.63, 3.8) is 0 Å². The van der Waals surface area contributed by atoms with Gasteiger partial charge in [0.25, 0.3) is 5.89 Å². The molecule has 3 aromatic rings. The van der Waals surface area contributed by atoms with E-state index in [4.69, 9.17) is 9.05 Å². The minimum atomic E-state index is -4.45. The van der Waals surface area contributed by atoms with Gasteiger partial charge < -0.3 is 9.05 Å². The Balaban J connectivity index is 1.87. The highest BCUT2D eigenvalue weighted by atomic mass is 32.1. The van der Waals surface area contributed by atoms with Crippen LogP contribution in [-0.2, 0) is 12.6 Å². The fourth-order valence-corrected chi connectivity index (χ4v) is 2.61. The lowest BCUT2D eigenvalue weighted by Crippen LogP contribution is -2.04. The van der Waals surface area contributed by atoms with Crippen molar-refractivity contribution in [1.29, 1.82) is 0 Å². The molecule has 0 aliphatic carbocycles. The smallest absolute Gasteiger partial charge is 0.361 e. The lowest BCUT2D eigenvalue weighted by Gasteiger charge is -2.04. The molecule has 0 aliphatic rings. The van der Waals surface area contributed by atoms with Gasteiger partial charge in [-0.3, -0.25) is 0 Å². The first kappa shape index (κ1) is 13.8. The number of hydrogen-bond acceptors (Lipinski definition) is 6. The molecule has 0 unspecified atom stereocenters. The summed E-state index contributed by atoms with van der Waals surface area (Å²) in [4.78, 5) is 3.98. The van der Waals surface area contributed by atoms with Crippen LogP contribution in [0.5, 0.6) is 0 Å². The van der Waals surface area contributed by atoms with Gasteiger partial charge in [0.1, 0.15) is 5.76 Å². The highest BCUT2D eigenvalue weighted by Crippen LogP contribution is 2.38. The van der Waals surface area contributed by atoms with Crippen LogP contribution in [0.15, 0.2) is 25.9 Å². The molecule has 110 valence electrons. The lowest BCUT2D eigenvalue weighted by molar-refractivity contribution is -0.136. The zero-order valence-corrected chi connectivity index (χ0v) is 11.5. The molecule has 0 radical (unpaired) electrons. The van der Waals surface area contributed by atoms with Gasteiger partial charge in [-0.2, -0.15) is 29.5 Å². The Bertz CT molecular complexity index is 760. The molecular formula is C12H8F3N3O2S. The van der Waals surface area contributed by atoms with E-state index in [1.807, 2.05) is 0 Å². The molecule has 0 atom stereocenters. The van der Waals surface area contributed by atoms with Crippen molar-refractivity contribution in [2.24, 2.45) is 0 Å². The van der Waals surface area contributed by atoms with Crippen molar-refractivity contribution in [2.75, 3.05) is 0 Å². The van der Waals surface area contributed by atoms with Crippen LogP contribution in [0.25, 0.3) is 11.5 Å². The quantitative estimate of drug-likeness (QED) is 0.737. The molecule has 0 aliphatic heterocycles. The highest BCUT2D eigenvalue weighted by Gasteiger charge is 2.36. The topological polar surface area (TPSA) is 65.0 Å². The van der Waals surface area contributed by atoms with E-state index in [9.17, 15) is 13.2 Å². The lowest BCUT2D eigenvalue weighted by atomic mass is 10.2. The van der Waals surface area contributed by atoms with Gasteiger partial charge in [-0.05, 0) is 6.92 Å². The molecule has 0 spiro atoms. The van der Waals surface area contributed by atoms with Crippen LogP contribution in [0.4, 0.5) is 13.2 Å². The first-order valence-electron chi connectivity index (χ1n) is 5.82. The predicted molar refractivity (Wildman–Crippen MR) is 66.7 cm³/mol. The highest BCUT2D eigenvalue weighted by molar-refractivity contribution is 7.08. The van der Waals surface area contributed by atoms with Crippen LogP contribution < -0.4 is 0 Å². The second-order valence-electron chi connectivity index (χ2n) is 4.32. The summed E-state index contributed by atoms with van der Waals surface area (Å²) in [7, 11) is 0. The molecule has 21 heavy (non-hydrogen) atoms. The van der Waals surface area contributed by atoms with Gasteiger partial charge in [0, 0.05) is 16.8 Å². The third-order valence-electron chi connectivity index (χ3n) is 2.68. The van der Waals surface area contributed by atoms with Gasteiger partial charge in [-0.1, -0.05) is 10.3 Å². The first-order valence-corrected chi connectivity index (χ1v) is 6.76. The molecule has 3 heterocycles. The summed E-state index contributed by atoms with van der Waals surface area (Å²) in [5, 5.41) is 9.78. The van der Waals surface area contributed by atoms with Crippen molar-refractivity contribution < 1.29 is 22.2 Å². The third kappa shape index (κ3) is 2.82. The SMILES string of the molecule is Cc1cc(Cc2noc(-c3cscc3C(F)(F)F)n2)no1. The monoisotopic (exact) mass is 315 g/mol. The van der Waals surface area contributed by atoms with Crippen molar-refractivity contribution in [1.82, 2.24) is 15.3 Å². The molecule has 3 rings (SSSR count). The number of thiophene rings is 1. The van der Waals surface area contributed by atoms with E-state index in [-0.39, 0.29) is 23.7 Å². The minimum Gasteiger partial charge on any atom is -0.361 e. The summed E-state index contributed by atoms with van der Waals surface area (Å²) < 4.78 is 48.3. The van der Waals surface area contributed by atoms with Gasteiger partial charge in [0.2, 0.25) is 0 Å². The molecule has 5 nitrogen and oxygen atoms in total. The summed E-state index contributed by atoms with van der Waals surface area (Å²) in [6.07, 6.45) is -4.22. The van der Waals surface area contributed by atoms with E-state index in [1.165, 1.54) is 5.38 Å². The normalized spacial score (nSPS) is 12.0. The molecule has 0 N–H and O–H groups in total. The van der Waals surface area contributed by atoms with E-state index < -0.39 is 11.7 Å². The summed E-state index contributed by atoms with van der Waals surface area (Å²) in [5.41, 5.74) is -0.302. The molecule has 0 fully saturated rings. The van der Waals surface area contributed by atoms with Crippen LogP contribution in [0.2, 0.25) is 0 Å². The number of nitrogens with zero attached hydrogens (tertiary/aromatic N) is 3. The Morgan fingerprint density at radius 2 is 2.00 bits per heavy atom. The van der Waals surface area contributed by atoms with Gasteiger partial charge >= 0.3 is 6.18 Å². The van der Waals surface area contributed by atoms with Gasteiger partial charge in [-0.15, -0.1) is 0 Å². The number of hydrogen-bond donors (Lipinski definition) is 0. The fraction of sp³-hybridized carbons (Fsp3) is 0.250. The number of aromatic nitrogens is 3. The largest absolute Gasteiger partial charge is 0.417 e. The van der Waals surface area contributed by atoms with Crippen LogP contribution in [0, 0.1) is 6.92 Å². The first-order chi connectivity index (χ1) is 9.93. The van der Waals surface area contributed by atoms with Crippen molar-refractivity contribution in [3.8, 4) is 11.5 Å². The average Bonchev–Trinajstić information content (AvgIpc) is 3.08. The van der Waals surface area contributed by atoms with Crippen LogP contribution in [-0.4, -0.2) is 15.3 Å². The zero-order valence-electron chi connectivity index (χ0n) is 10.6. The Kier molecular flexibility index (Phi) is 3.28. The molecular weight excluding hydrogens is 307 g/mol. The maximum atomic E-state index is 12.8. The maximum absolute atomic E-state index is 12.8. The van der Waals surface area contributed by atoms with Crippen LogP contribution in [0.3, 0.4) is 0 Å². The fourth-order valence-electron chi connectivity index (χ4n) is 1.78. The number of aryl methyl sites for hydroxylation is 1. The summed E-state index contributed by atoms with van der Waals surface area (Å²) >= 11 is 0.929. The molecule has 0 saturated carbocycles. The van der Waals surface area contributed by atoms with Gasteiger partial charge in [0.15, 0.2) is 5.82 Å². The van der Waals surface area contributed by atoms with Crippen molar-refractivity contribution in [3.05, 3.63) is 39.7 Å². The molecule has 0 aromatic carbocycles. The maximum Gasteiger partial charge on any atom is 0.417 e. The van der Waals surface area contributed by atoms with Crippen LogP contribution in [0.1, 0.15) is 22.8 Å². The third-order valence-corrected chi connectivity index (χ3v) is 3.43. The molecule has 3 aromatic heterocycles. The van der Waals surface area contributed by atoms with Crippen LogP contribution >= 0.6 is 11.3 Å². The average molecular weight is 315 g/mol. The molecule has 0 bridgehead atoms. The van der Waals surface area contributed by atoms with Gasteiger partial charge in [-0.25, -0.2) is 0 Å². The van der Waals surface area contributed by atoms with E-state index >= 15 is 0 Å². The number of rotatable bonds is 3. The number of alkyl halides is 3. The van der Waals surface area contributed by atoms with E-state index in [0.717, 1.165) is 16.7 Å². The standard InChI is InChI=1S/C12H8F3N3O2S/c1-6-2-7(17-19-6)3-10-16-11(20-18-10)8-4-21-5-9(8)12(13,14)15/h2,4-5H,3H2,1H3. The Labute approximate surface area is 120 Å². The predicted octanol–water partition coefficient (Wildman–Crippen LogP) is 3.70. The second kappa shape index (κ2) is 4.99. The second-order valence-corrected chi connectivity index (χ2v) is 5.06. The minimum absolute atomic E-state index is 0.109. The molecule has 0 saturated heterocycles. The van der Waals surface area contributed by atoms with Crippen molar-refractivity contribution >= 4 is 11.3 Å². The summed E-state index contributed by atoms with van der Waals surface area (Å²) in [5.74, 6) is 0.724. The Morgan fingerprint density at radius 3 is 2.67 bits per heavy atom. The Morgan fingerprint density at radius 1 is 1.19 bits per heavy atom. The van der Waals surface area contributed by atoms with E-state index in [0.29, 0.717) is 11.5 Å². The summed E-state index contributed by atoms with van der Waals surface area (Å²) in [6, 6.07) is 1.70. The summed E-state index contributed by atoms with van der Waals surface area (Å²) in [6.45, 7) is 1.74. The molecule has 0 amide bonds. The van der Waals surface area contributed by atoms with Gasteiger partial charge in [0.05, 0.1) is 23.2 Å². The van der Waals surface area contributed by atoms with Crippen molar-refractivity contribution in [2.45, 2.75) is 19.5 Å². The molecule has 9 heteroatoms. The zero-order chi connectivity index (χ0) is 15.0.